The van der Waals surface area contributed by atoms with Crippen LogP contribution in [0.5, 0.6) is 5.75 Å². The molecule has 1 saturated heterocycles. The fourth-order valence-corrected chi connectivity index (χ4v) is 5.37. The molecule has 0 aromatic heterocycles. The number of likely N-dealkylation sites (tertiary alicyclic amines) is 1. The quantitative estimate of drug-likeness (QED) is 0.167. The van der Waals surface area contributed by atoms with E-state index in [1.54, 1.807) is 19.2 Å². The number of carbonyl (C=O) groups excluding carboxylic acids is 2. The third-order valence-corrected chi connectivity index (χ3v) is 7.38. The third kappa shape index (κ3) is 4.67. The van der Waals surface area contributed by atoms with E-state index in [2.05, 4.69) is 0 Å². The van der Waals surface area contributed by atoms with Crippen molar-refractivity contribution in [2.24, 2.45) is 0 Å². The van der Waals surface area contributed by atoms with Gasteiger partial charge < -0.3 is 14.7 Å². The van der Waals surface area contributed by atoms with E-state index in [1.807, 2.05) is 75.4 Å². The molecule has 6 heteroatoms. The van der Waals surface area contributed by atoms with Gasteiger partial charge in [-0.3, -0.25) is 9.59 Å². The Bertz CT molecular complexity index is 1620. The number of halogens is 1. The Hall–Kier alpha value is -4.45. The smallest absolute Gasteiger partial charge is 0.295 e. The van der Waals surface area contributed by atoms with Crippen LogP contribution in [0.15, 0.2) is 84.4 Å². The highest BCUT2D eigenvalue weighted by Gasteiger charge is 2.46. The van der Waals surface area contributed by atoms with E-state index in [4.69, 9.17) is 4.74 Å². The first-order chi connectivity index (χ1) is 18.7. The van der Waals surface area contributed by atoms with Gasteiger partial charge in [-0.25, -0.2) is 4.39 Å². The van der Waals surface area contributed by atoms with Crippen LogP contribution in [0.25, 0.3) is 16.5 Å². The van der Waals surface area contributed by atoms with Gasteiger partial charge in [0.25, 0.3) is 11.7 Å². The molecule has 1 aliphatic rings. The molecule has 5 rings (SSSR count). The predicted octanol–water partition coefficient (Wildman–Crippen LogP) is 7.04. The van der Waals surface area contributed by atoms with Crippen LogP contribution in [0, 0.1) is 12.7 Å². The number of hydrogen-bond acceptors (Lipinski definition) is 4. The Labute approximate surface area is 227 Å². The van der Waals surface area contributed by atoms with Gasteiger partial charge in [-0.2, -0.15) is 0 Å². The topological polar surface area (TPSA) is 66.8 Å². The molecule has 0 aliphatic carbocycles. The predicted molar refractivity (Wildman–Crippen MR) is 150 cm³/mol. The third-order valence-electron chi connectivity index (χ3n) is 7.38. The summed E-state index contributed by atoms with van der Waals surface area (Å²) in [5.74, 6) is -1.29. The summed E-state index contributed by atoms with van der Waals surface area (Å²) in [7, 11) is 1.60. The van der Waals surface area contributed by atoms with E-state index in [0.717, 1.165) is 27.5 Å². The van der Waals surface area contributed by atoms with Crippen LogP contribution in [0.1, 0.15) is 53.6 Å². The summed E-state index contributed by atoms with van der Waals surface area (Å²) in [4.78, 5) is 28.7. The molecule has 0 saturated carbocycles. The second-order valence-electron chi connectivity index (χ2n) is 10.2. The Morgan fingerprint density at radius 1 is 1.00 bits per heavy atom. The zero-order chi connectivity index (χ0) is 27.8. The molecule has 1 unspecified atom stereocenters. The minimum absolute atomic E-state index is 0.0291. The van der Waals surface area contributed by atoms with Crippen molar-refractivity contribution in [2.75, 3.05) is 7.11 Å². The summed E-state index contributed by atoms with van der Waals surface area (Å²) in [6, 6.07) is 22.1. The van der Waals surface area contributed by atoms with Crippen LogP contribution in [0.2, 0.25) is 0 Å². The van der Waals surface area contributed by atoms with Crippen molar-refractivity contribution in [3.63, 3.8) is 0 Å². The van der Waals surface area contributed by atoms with E-state index in [-0.39, 0.29) is 29.6 Å². The van der Waals surface area contributed by atoms with Crippen molar-refractivity contribution in [1.82, 2.24) is 4.90 Å². The van der Waals surface area contributed by atoms with Gasteiger partial charge >= 0.3 is 0 Å². The first kappa shape index (κ1) is 26.2. The minimum atomic E-state index is -0.842. The Balaban J connectivity index is 1.75. The first-order valence-electron chi connectivity index (χ1n) is 12.9. The zero-order valence-electron chi connectivity index (χ0n) is 22.4. The van der Waals surface area contributed by atoms with Gasteiger partial charge in [-0.05, 0) is 70.1 Å². The van der Waals surface area contributed by atoms with E-state index in [1.165, 1.54) is 17.0 Å². The summed E-state index contributed by atoms with van der Waals surface area (Å²) in [5, 5.41) is 13.6. The number of aliphatic hydroxyl groups is 1. The molecule has 4 aromatic rings. The van der Waals surface area contributed by atoms with Crippen molar-refractivity contribution >= 4 is 28.2 Å². The second kappa shape index (κ2) is 10.4. The Kier molecular flexibility index (Phi) is 6.96. The molecule has 0 bridgehead atoms. The molecule has 1 N–H and O–H groups in total. The van der Waals surface area contributed by atoms with Crippen LogP contribution < -0.4 is 4.74 Å². The lowest BCUT2D eigenvalue weighted by Crippen LogP contribution is -2.29. The lowest BCUT2D eigenvalue weighted by Gasteiger charge is -2.27. The number of fused-ring (bicyclic) bond motifs is 1. The minimum Gasteiger partial charge on any atom is -0.507 e. The number of amides is 1. The second-order valence-corrected chi connectivity index (χ2v) is 10.2. The SMILES string of the molecule is COc1cc(C)c(/C(O)=C2\C(=O)C(=O)N(Cc3ccc(F)cc3)C2c2cccc3ccccc23)cc1C(C)C. The van der Waals surface area contributed by atoms with Crippen molar-refractivity contribution in [1.29, 1.82) is 0 Å². The first-order valence-corrected chi connectivity index (χ1v) is 12.9. The monoisotopic (exact) mass is 523 g/mol. The molecule has 0 radical (unpaired) electrons. The van der Waals surface area contributed by atoms with Gasteiger partial charge in [0.05, 0.1) is 18.7 Å². The van der Waals surface area contributed by atoms with E-state index >= 15 is 0 Å². The van der Waals surface area contributed by atoms with E-state index in [9.17, 15) is 19.1 Å². The summed E-state index contributed by atoms with van der Waals surface area (Å²) >= 11 is 0. The Morgan fingerprint density at radius 3 is 2.38 bits per heavy atom. The molecule has 5 nitrogen and oxygen atoms in total. The molecule has 1 heterocycles. The highest BCUT2D eigenvalue weighted by molar-refractivity contribution is 6.46. The molecular formula is C33H30FNO4. The summed E-state index contributed by atoms with van der Waals surface area (Å²) < 4.78 is 19.2. The van der Waals surface area contributed by atoms with Crippen LogP contribution >= 0.6 is 0 Å². The number of ether oxygens (including phenoxy) is 1. The number of benzene rings is 4. The highest BCUT2D eigenvalue weighted by atomic mass is 19.1. The maximum atomic E-state index is 13.7. The van der Waals surface area contributed by atoms with Crippen molar-refractivity contribution in [3.05, 3.63) is 118 Å². The van der Waals surface area contributed by atoms with Crippen LogP contribution in [0.3, 0.4) is 0 Å². The van der Waals surface area contributed by atoms with Gasteiger partial charge in [-0.1, -0.05) is 68.4 Å². The largest absolute Gasteiger partial charge is 0.507 e. The average molecular weight is 524 g/mol. The standard InChI is InChI=1S/C33H30FNO4/c1-19(2)26-17-27(20(3)16-28(26)39-4)31(36)29-30(25-11-7-9-22-8-5-6-10-24(22)25)35(33(38)32(29)37)18-21-12-14-23(34)15-13-21/h5-17,19,30,36H,18H2,1-4H3/b31-29+. The van der Waals surface area contributed by atoms with Gasteiger partial charge in [0.1, 0.15) is 17.3 Å². The number of hydrogen-bond donors (Lipinski definition) is 1. The average Bonchev–Trinajstić information content (AvgIpc) is 3.18. The molecule has 0 spiro atoms. The van der Waals surface area contributed by atoms with Crippen molar-refractivity contribution < 1.29 is 23.8 Å². The number of carbonyl (C=O) groups is 2. The van der Waals surface area contributed by atoms with Crippen LogP contribution in [-0.4, -0.2) is 28.8 Å². The molecule has 4 aromatic carbocycles. The maximum absolute atomic E-state index is 13.7. The molecule has 1 amide bonds. The fraction of sp³-hybridized carbons (Fsp3) is 0.212. The summed E-state index contributed by atoms with van der Waals surface area (Å²) in [5.41, 5.74) is 3.51. The summed E-state index contributed by atoms with van der Waals surface area (Å²) in [6.45, 7) is 5.96. The maximum Gasteiger partial charge on any atom is 0.295 e. The number of rotatable bonds is 6. The van der Waals surface area contributed by atoms with Gasteiger partial charge in [-0.15, -0.1) is 0 Å². The number of ketones is 1. The van der Waals surface area contributed by atoms with E-state index < -0.39 is 17.7 Å². The fourth-order valence-electron chi connectivity index (χ4n) is 5.37. The van der Waals surface area contributed by atoms with Gasteiger partial charge in [0, 0.05) is 12.1 Å². The number of methoxy groups -OCH3 is 1. The lowest BCUT2D eigenvalue weighted by molar-refractivity contribution is -0.140. The van der Waals surface area contributed by atoms with Crippen LogP contribution in [-0.2, 0) is 16.1 Å². The van der Waals surface area contributed by atoms with Crippen LogP contribution in [0.4, 0.5) is 4.39 Å². The summed E-state index contributed by atoms with van der Waals surface area (Å²) in [6.07, 6.45) is 0. The molecule has 1 atom stereocenters. The highest BCUT2D eigenvalue weighted by Crippen LogP contribution is 2.44. The van der Waals surface area contributed by atoms with Gasteiger partial charge in [0.2, 0.25) is 0 Å². The van der Waals surface area contributed by atoms with Crippen molar-refractivity contribution in [2.45, 2.75) is 39.3 Å². The van der Waals surface area contributed by atoms with Gasteiger partial charge in [0.15, 0.2) is 0 Å². The lowest BCUT2D eigenvalue weighted by atomic mass is 9.89. The number of Topliss-reactive ketones (excluding diaryl/α,β-unsaturated/α-hetero) is 1. The Morgan fingerprint density at radius 2 is 1.69 bits per heavy atom. The zero-order valence-corrected chi connectivity index (χ0v) is 22.4. The number of aryl methyl sites for hydroxylation is 1. The normalized spacial score (nSPS) is 16.9. The van der Waals surface area contributed by atoms with Crippen molar-refractivity contribution in [3.8, 4) is 5.75 Å². The molecule has 198 valence electrons. The molecule has 1 fully saturated rings. The molecule has 1 aliphatic heterocycles. The number of aliphatic hydroxyl groups excluding tert-OH is 1. The molecular weight excluding hydrogens is 493 g/mol. The number of nitrogens with zero attached hydrogens (tertiary/aromatic N) is 1. The molecule has 39 heavy (non-hydrogen) atoms. The van der Waals surface area contributed by atoms with E-state index in [0.29, 0.717) is 16.9 Å².